The van der Waals surface area contributed by atoms with Crippen LogP contribution in [0.15, 0.2) is 97.1 Å². The van der Waals surface area contributed by atoms with Gasteiger partial charge in [-0.1, -0.05) is 72.3 Å². The van der Waals surface area contributed by atoms with Crippen molar-refractivity contribution in [3.05, 3.63) is 124 Å². The number of rotatable bonds is 11. The minimum atomic E-state index is -0.621. The molecule has 5 rings (SSSR count). The van der Waals surface area contributed by atoms with E-state index in [4.69, 9.17) is 30.5 Å². The summed E-state index contributed by atoms with van der Waals surface area (Å²) in [5.41, 5.74) is 4.66. The van der Waals surface area contributed by atoms with E-state index >= 15 is 0 Å². The molecular weight excluding hydrogens is 522 g/mol. The van der Waals surface area contributed by atoms with E-state index in [0.717, 1.165) is 40.3 Å². The highest BCUT2D eigenvalue weighted by atomic mass is 35.5. The van der Waals surface area contributed by atoms with E-state index in [1.165, 1.54) is 5.56 Å². The summed E-state index contributed by atoms with van der Waals surface area (Å²) in [5, 5.41) is 4.23. The smallest absolute Gasteiger partial charge is 0.132 e. The van der Waals surface area contributed by atoms with Crippen LogP contribution in [0.4, 0.5) is 5.69 Å². The van der Waals surface area contributed by atoms with E-state index in [-0.39, 0.29) is 12.2 Å². The Morgan fingerprint density at radius 2 is 1.60 bits per heavy atom. The summed E-state index contributed by atoms with van der Waals surface area (Å²) in [4.78, 5) is 0. The van der Waals surface area contributed by atoms with Gasteiger partial charge in [0, 0.05) is 22.8 Å². The van der Waals surface area contributed by atoms with Gasteiger partial charge in [-0.3, -0.25) is 0 Å². The Kier molecular flexibility index (Phi) is 8.95. The predicted molar refractivity (Wildman–Crippen MR) is 160 cm³/mol. The molecule has 4 aromatic carbocycles. The quantitative estimate of drug-likeness (QED) is 0.202. The molecule has 2 unspecified atom stereocenters. The van der Waals surface area contributed by atoms with Crippen LogP contribution in [0.5, 0.6) is 11.5 Å². The molecule has 0 radical (unpaired) electrons. The monoisotopic (exact) mass is 557 g/mol. The number of fused-ring (bicyclic) bond motifs is 1. The number of hydrogen-bond acceptors (Lipinski definition) is 5. The number of nitrogens with one attached hydrogen (secondary N) is 1. The third-order valence-electron chi connectivity index (χ3n) is 7.21. The van der Waals surface area contributed by atoms with E-state index < -0.39 is 5.60 Å². The van der Waals surface area contributed by atoms with Crippen LogP contribution in [0, 0.1) is 0 Å². The Hall–Kier alpha value is -3.51. The van der Waals surface area contributed by atoms with Crippen molar-refractivity contribution < 1.29 is 18.9 Å². The van der Waals surface area contributed by atoms with Gasteiger partial charge in [-0.25, -0.2) is 0 Å². The number of hydrogen-bond donors (Lipinski definition) is 1. The summed E-state index contributed by atoms with van der Waals surface area (Å²) in [6, 6.07) is 32.4. The normalized spacial score (nSPS) is 17.5. The minimum absolute atomic E-state index is 0.326. The number of methoxy groups -OCH3 is 1. The van der Waals surface area contributed by atoms with Gasteiger partial charge in [0.25, 0.3) is 0 Å². The number of anilines is 1. The second-order valence-electron chi connectivity index (χ2n) is 10.5. The van der Waals surface area contributed by atoms with Gasteiger partial charge in [0.15, 0.2) is 0 Å². The third-order valence-corrected chi connectivity index (χ3v) is 7.58. The van der Waals surface area contributed by atoms with Gasteiger partial charge in [-0.05, 0) is 73.4 Å². The van der Waals surface area contributed by atoms with Gasteiger partial charge in [-0.15, -0.1) is 0 Å². The molecule has 0 spiro atoms. The van der Waals surface area contributed by atoms with Crippen molar-refractivity contribution in [1.82, 2.24) is 0 Å². The Bertz CT molecular complexity index is 1390. The molecule has 1 heterocycles. The van der Waals surface area contributed by atoms with Crippen molar-refractivity contribution in [1.29, 1.82) is 0 Å². The van der Waals surface area contributed by atoms with Crippen LogP contribution in [-0.2, 0) is 29.0 Å². The molecule has 0 aliphatic carbocycles. The van der Waals surface area contributed by atoms with Crippen LogP contribution in [0.25, 0.3) is 0 Å². The van der Waals surface area contributed by atoms with Crippen molar-refractivity contribution in [3.8, 4) is 11.5 Å². The molecule has 0 saturated heterocycles. The molecule has 0 saturated carbocycles. The molecule has 0 fully saturated rings. The third kappa shape index (κ3) is 6.79. The summed E-state index contributed by atoms with van der Waals surface area (Å²) >= 11 is 6.45. The molecule has 4 aromatic rings. The zero-order valence-electron chi connectivity index (χ0n) is 23.2. The molecule has 0 bridgehead atoms. The summed E-state index contributed by atoms with van der Waals surface area (Å²) in [6.07, 6.45) is 0.122. The Morgan fingerprint density at radius 3 is 2.35 bits per heavy atom. The molecule has 0 aromatic heterocycles. The van der Waals surface area contributed by atoms with Crippen LogP contribution in [-0.4, -0.2) is 25.4 Å². The van der Waals surface area contributed by atoms with E-state index in [9.17, 15) is 0 Å². The molecular formula is C34H36ClNO4. The molecule has 1 aliphatic heterocycles. The molecule has 0 amide bonds. The number of halogens is 1. The van der Waals surface area contributed by atoms with Gasteiger partial charge >= 0.3 is 0 Å². The maximum atomic E-state index is 6.64. The molecule has 2 atom stereocenters. The lowest BCUT2D eigenvalue weighted by Crippen LogP contribution is -2.51. The van der Waals surface area contributed by atoms with Crippen LogP contribution >= 0.6 is 11.6 Å². The zero-order valence-corrected chi connectivity index (χ0v) is 24.0. The van der Waals surface area contributed by atoms with Crippen LogP contribution in [0.1, 0.15) is 42.2 Å². The fourth-order valence-electron chi connectivity index (χ4n) is 5.00. The van der Waals surface area contributed by atoms with Crippen molar-refractivity contribution in [2.75, 3.05) is 19.0 Å². The summed E-state index contributed by atoms with van der Waals surface area (Å²) in [5.74, 6) is 1.65. The van der Waals surface area contributed by atoms with Gasteiger partial charge in [0.1, 0.15) is 29.3 Å². The first-order chi connectivity index (χ1) is 19.4. The van der Waals surface area contributed by atoms with Crippen LogP contribution in [0.2, 0.25) is 5.02 Å². The largest absolute Gasteiger partial charge is 0.497 e. The van der Waals surface area contributed by atoms with Crippen molar-refractivity contribution >= 4 is 17.3 Å². The van der Waals surface area contributed by atoms with Crippen molar-refractivity contribution in [2.24, 2.45) is 0 Å². The zero-order chi connectivity index (χ0) is 28.0. The average Bonchev–Trinajstić information content (AvgIpc) is 2.97. The number of benzene rings is 4. The van der Waals surface area contributed by atoms with Gasteiger partial charge in [0.2, 0.25) is 0 Å². The SMILES string of the molecule is COc1ccc(CNc2ccc3c(c2)C(OCCc2ccccc2)C(OCc2ccccc2Cl)C(C)(C)O3)cc1. The molecule has 1 aliphatic rings. The van der Waals surface area contributed by atoms with E-state index in [0.29, 0.717) is 24.8 Å². The first-order valence-electron chi connectivity index (χ1n) is 13.6. The van der Waals surface area contributed by atoms with Crippen LogP contribution in [0.3, 0.4) is 0 Å². The highest BCUT2D eigenvalue weighted by Gasteiger charge is 2.45. The lowest BCUT2D eigenvalue weighted by atomic mass is 9.87. The van der Waals surface area contributed by atoms with Gasteiger partial charge in [0.05, 0.1) is 20.3 Å². The van der Waals surface area contributed by atoms with Crippen LogP contribution < -0.4 is 14.8 Å². The summed E-state index contributed by atoms with van der Waals surface area (Å²) in [6.45, 7) is 5.70. The minimum Gasteiger partial charge on any atom is -0.497 e. The van der Waals surface area contributed by atoms with Gasteiger partial charge < -0.3 is 24.3 Å². The molecule has 5 nitrogen and oxygen atoms in total. The molecule has 1 N–H and O–H groups in total. The molecule has 40 heavy (non-hydrogen) atoms. The fraction of sp³-hybridized carbons (Fsp3) is 0.294. The number of ether oxygens (including phenoxy) is 4. The second-order valence-corrected chi connectivity index (χ2v) is 10.9. The fourth-order valence-corrected chi connectivity index (χ4v) is 5.19. The Morgan fingerprint density at radius 1 is 0.850 bits per heavy atom. The lowest BCUT2D eigenvalue weighted by Gasteiger charge is -2.44. The summed E-state index contributed by atoms with van der Waals surface area (Å²) < 4.78 is 25.0. The van der Waals surface area contributed by atoms with Crippen molar-refractivity contribution in [2.45, 2.75) is 51.2 Å². The maximum absolute atomic E-state index is 6.64. The lowest BCUT2D eigenvalue weighted by molar-refractivity contribution is -0.167. The van der Waals surface area contributed by atoms with Gasteiger partial charge in [-0.2, -0.15) is 0 Å². The Balaban J connectivity index is 1.38. The first-order valence-corrected chi connectivity index (χ1v) is 14.0. The highest BCUT2D eigenvalue weighted by molar-refractivity contribution is 6.31. The van der Waals surface area contributed by atoms with E-state index in [1.54, 1.807) is 7.11 Å². The maximum Gasteiger partial charge on any atom is 0.132 e. The van der Waals surface area contributed by atoms with E-state index in [1.807, 2.05) is 54.6 Å². The average molecular weight is 558 g/mol. The van der Waals surface area contributed by atoms with E-state index in [2.05, 4.69) is 61.6 Å². The Labute approximate surface area is 242 Å². The summed E-state index contributed by atoms with van der Waals surface area (Å²) in [7, 11) is 1.67. The molecule has 6 heteroatoms. The predicted octanol–water partition coefficient (Wildman–Crippen LogP) is 8.02. The second kappa shape index (κ2) is 12.8. The highest BCUT2D eigenvalue weighted by Crippen LogP contribution is 2.45. The standard InChI is InChI=1S/C34H36ClNO4/c1-34(2)33(39-23-26-11-7-8-12-30(26)35)32(38-20-19-24-9-5-4-6-10-24)29-21-27(15-18-31(29)40-34)36-22-25-13-16-28(37-3)17-14-25/h4-18,21,32-33,36H,19-20,22-23H2,1-3H3. The topological polar surface area (TPSA) is 49.0 Å². The first kappa shape index (κ1) is 28.0. The van der Waals surface area contributed by atoms with Crippen molar-refractivity contribution in [3.63, 3.8) is 0 Å². The molecule has 208 valence electrons.